The molecule has 1 saturated heterocycles. The number of rotatable bonds is 5. The zero-order valence-electron chi connectivity index (χ0n) is 16.9. The molecule has 1 aromatic carbocycles. The molecule has 10 nitrogen and oxygen atoms in total. The zero-order valence-corrected chi connectivity index (χ0v) is 17.8. The second-order valence-corrected chi connectivity index (χ2v) is 8.02. The number of hydrogen-bond donors (Lipinski definition) is 3. The minimum Gasteiger partial charge on any atom is -0.378 e. The number of nitrogens with zero attached hydrogens (tertiary/aromatic N) is 3. The van der Waals surface area contributed by atoms with Crippen molar-refractivity contribution < 1.29 is 14.3 Å². The van der Waals surface area contributed by atoms with Gasteiger partial charge in [-0.2, -0.15) is 0 Å². The van der Waals surface area contributed by atoms with Crippen LogP contribution < -0.4 is 21.3 Å². The van der Waals surface area contributed by atoms with Crippen molar-refractivity contribution in [2.24, 2.45) is 0 Å². The van der Waals surface area contributed by atoms with Crippen molar-refractivity contribution in [3.05, 3.63) is 51.0 Å². The number of para-hydroxylation sites is 1. The van der Waals surface area contributed by atoms with Crippen LogP contribution in [0.4, 0.5) is 5.13 Å². The summed E-state index contributed by atoms with van der Waals surface area (Å²) >= 11 is 1.28. The second-order valence-electron chi connectivity index (χ2n) is 7.04. The lowest BCUT2D eigenvalue weighted by molar-refractivity contribution is -0.121. The molecular weight excluding hydrogens is 420 g/mol. The fourth-order valence-corrected chi connectivity index (χ4v) is 4.23. The van der Waals surface area contributed by atoms with E-state index in [9.17, 15) is 14.4 Å². The lowest BCUT2D eigenvalue weighted by Crippen LogP contribution is -2.41. The monoisotopic (exact) mass is 442 g/mol. The highest BCUT2D eigenvalue weighted by Gasteiger charge is 2.20. The van der Waals surface area contributed by atoms with Gasteiger partial charge in [0.1, 0.15) is 10.7 Å². The minimum atomic E-state index is -0.417. The molecule has 4 rings (SSSR count). The van der Waals surface area contributed by atoms with E-state index in [1.54, 1.807) is 31.2 Å². The highest BCUT2D eigenvalue weighted by Crippen LogP contribution is 2.26. The molecule has 1 aliphatic rings. The molecule has 0 unspecified atom stereocenters. The Labute approximate surface area is 181 Å². The SMILES string of the molecule is Cc1nc(N2CCOCC2)sc1C(=O)NNC(=O)CCc1nc2ccccc2c(=O)[nH]1. The van der Waals surface area contributed by atoms with Crippen LogP contribution in [0, 0.1) is 6.92 Å². The average molecular weight is 443 g/mol. The van der Waals surface area contributed by atoms with Crippen molar-refractivity contribution in [2.45, 2.75) is 19.8 Å². The minimum absolute atomic E-state index is 0.0578. The van der Waals surface area contributed by atoms with Gasteiger partial charge in [0.15, 0.2) is 5.13 Å². The number of aromatic amines is 1. The van der Waals surface area contributed by atoms with Crippen LogP contribution in [0.15, 0.2) is 29.1 Å². The van der Waals surface area contributed by atoms with Crippen molar-refractivity contribution in [1.29, 1.82) is 0 Å². The Hall–Kier alpha value is -3.31. The molecule has 11 heteroatoms. The van der Waals surface area contributed by atoms with E-state index in [1.807, 2.05) is 0 Å². The van der Waals surface area contributed by atoms with Gasteiger partial charge in [0.2, 0.25) is 5.91 Å². The molecule has 0 aliphatic carbocycles. The van der Waals surface area contributed by atoms with Crippen molar-refractivity contribution in [3.63, 3.8) is 0 Å². The molecule has 3 N–H and O–H groups in total. The summed E-state index contributed by atoms with van der Waals surface area (Å²) in [6.45, 7) is 4.49. The number of aromatic nitrogens is 3. The van der Waals surface area contributed by atoms with E-state index in [2.05, 4.69) is 30.7 Å². The molecule has 0 spiro atoms. The summed E-state index contributed by atoms with van der Waals surface area (Å²) in [7, 11) is 0. The number of ether oxygens (including phenoxy) is 1. The van der Waals surface area contributed by atoms with Gasteiger partial charge >= 0.3 is 0 Å². The van der Waals surface area contributed by atoms with Crippen LogP contribution in [0.5, 0.6) is 0 Å². The van der Waals surface area contributed by atoms with Crippen molar-refractivity contribution >= 4 is 39.2 Å². The summed E-state index contributed by atoms with van der Waals surface area (Å²) < 4.78 is 5.34. The molecule has 3 aromatic rings. The van der Waals surface area contributed by atoms with Gasteiger partial charge in [-0.25, -0.2) is 9.97 Å². The maximum absolute atomic E-state index is 12.5. The number of aryl methyl sites for hydroxylation is 2. The second kappa shape index (κ2) is 9.23. The molecule has 162 valence electrons. The highest BCUT2D eigenvalue weighted by atomic mass is 32.1. The fourth-order valence-electron chi connectivity index (χ4n) is 3.21. The first-order chi connectivity index (χ1) is 15.0. The lowest BCUT2D eigenvalue weighted by Gasteiger charge is -2.25. The number of amides is 2. The van der Waals surface area contributed by atoms with Gasteiger partial charge < -0.3 is 14.6 Å². The van der Waals surface area contributed by atoms with Crippen molar-refractivity contribution in [3.8, 4) is 0 Å². The molecule has 0 bridgehead atoms. The van der Waals surface area contributed by atoms with Gasteiger partial charge in [-0.1, -0.05) is 23.5 Å². The molecule has 0 radical (unpaired) electrons. The predicted molar refractivity (Wildman–Crippen MR) is 116 cm³/mol. The van der Waals surface area contributed by atoms with E-state index in [-0.39, 0.29) is 24.3 Å². The number of nitrogens with one attached hydrogen (secondary N) is 3. The normalized spacial score (nSPS) is 13.9. The Kier molecular flexibility index (Phi) is 6.23. The number of carbonyl (C=O) groups excluding carboxylic acids is 2. The third kappa shape index (κ3) is 4.89. The summed E-state index contributed by atoms with van der Waals surface area (Å²) in [6, 6.07) is 7.01. The fraction of sp³-hybridized carbons (Fsp3) is 0.350. The molecule has 2 amide bonds. The van der Waals surface area contributed by atoms with Crippen LogP contribution in [0.3, 0.4) is 0 Å². The maximum atomic E-state index is 12.5. The number of anilines is 1. The Morgan fingerprint density at radius 1 is 1.19 bits per heavy atom. The Morgan fingerprint density at radius 3 is 2.77 bits per heavy atom. The van der Waals surface area contributed by atoms with E-state index >= 15 is 0 Å². The standard InChI is InChI=1S/C20H22N6O4S/c1-12-17(31-20(21-12)26-8-10-30-11-9-26)19(29)25-24-16(27)7-6-15-22-14-5-3-2-4-13(14)18(28)23-15/h2-5H,6-11H2,1H3,(H,24,27)(H,25,29)(H,22,23,28). The first-order valence-electron chi connectivity index (χ1n) is 9.88. The third-order valence-corrected chi connectivity index (χ3v) is 6.06. The maximum Gasteiger partial charge on any atom is 0.281 e. The Morgan fingerprint density at radius 2 is 1.97 bits per heavy atom. The smallest absolute Gasteiger partial charge is 0.281 e. The lowest BCUT2D eigenvalue weighted by atomic mass is 10.2. The molecule has 0 saturated carbocycles. The van der Waals surface area contributed by atoms with Gasteiger partial charge in [-0.15, -0.1) is 0 Å². The molecule has 2 aromatic heterocycles. The van der Waals surface area contributed by atoms with Crippen LogP contribution in [0.2, 0.25) is 0 Å². The van der Waals surface area contributed by atoms with Crippen LogP contribution in [0.25, 0.3) is 10.9 Å². The number of thiazole rings is 1. The molecule has 0 atom stereocenters. The van der Waals surface area contributed by atoms with Crippen LogP contribution in [-0.2, 0) is 16.0 Å². The number of carbonyl (C=O) groups is 2. The Balaban J connectivity index is 1.31. The molecule has 3 heterocycles. The van der Waals surface area contributed by atoms with Crippen LogP contribution in [-0.4, -0.2) is 53.1 Å². The summed E-state index contributed by atoms with van der Waals surface area (Å²) in [6.07, 6.45) is 0.296. The summed E-state index contributed by atoms with van der Waals surface area (Å²) in [5.74, 6) is -0.390. The van der Waals surface area contributed by atoms with E-state index in [1.165, 1.54) is 11.3 Å². The van der Waals surface area contributed by atoms with Gasteiger partial charge in [-0.05, 0) is 19.1 Å². The first kappa shape index (κ1) is 20.9. The van der Waals surface area contributed by atoms with E-state index in [0.29, 0.717) is 40.5 Å². The van der Waals surface area contributed by atoms with Crippen molar-refractivity contribution in [2.75, 3.05) is 31.2 Å². The summed E-state index contributed by atoms with van der Waals surface area (Å²) in [4.78, 5) is 50.8. The van der Waals surface area contributed by atoms with Gasteiger partial charge in [0.25, 0.3) is 11.5 Å². The largest absolute Gasteiger partial charge is 0.378 e. The van der Waals surface area contributed by atoms with Gasteiger partial charge in [0.05, 0.1) is 29.8 Å². The predicted octanol–water partition coefficient (Wildman–Crippen LogP) is 0.918. The molecular formula is C20H22N6O4S. The molecule has 31 heavy (non-hydrogen) atoms. The van der Waals surface area contributed by atoms with Crippen LogP contribution >= 0.6 is 11.3 Å². The number of fused-ring (bicyclic) bond motifs is 1. The molecule has 1 fully saturated rings. The average Bonchev–Trinajstić information content (AvgIpc) is 3.18. The number of benzene rings is 1. The van der Waals surface area contributed by atoms with Crippen LogP contribution in [0.1, 0.15) is 27.6 Å². The first-order valence-corrected chi connectivity index (χ1v) is 10.7. The highest BCUT2D eigenvalue weighted by molar-refractivity contribution is 7.17. The van der Waals surface area contributed by atoms with E-state index < -0.39 is 5.91 Å². The van der Waals surface area contributed by atoms with Gasteiger partial charge in [-0.3, -0.25) is 25.2 Å². The number of hydrogen-bond acceptors (Lipinski definition) is 8. The van der Waals surface area contributed by atoms with E-state index in [0.717, 1.165) is 18.2 Å². The number of H-pyrrole nitrogens is 1. The topological polar surface area (TPSA) is 129 Å². The quantitative estimate of drug-likeness (QED) is 0.501. The van der Waals surface area contributed by atoms with Gasteiger partial charge in [0, 0.05) is 25.9 Å². The summed E-state index contributed by atoms with van der Waals surface area (Å²) in [5.41, 5.74) is 5.77. The number of morpholine rings is 1. The molecule has 1 aliphatic heterocycles. The van der Waals surface area contributed by atoms with E-state index in [4.69, 9.17) is 4.74 Å². The van der Waals surface area contributed by atoms with Crippen molar-refractivity contribution in [1.82, 2.24) is 25.8 Å². The number of hydrazine groups is 1. The Bertz CT molecular complexity index is 1170. The summed E-state index contributed by atoms with van der Waals surface area (Å²) in [5, 5.41) is 1.27. The third-order valence-electron chi connectivity index (χ3n) is 4.84. The zero-order chi connectivity index (χ0) is 21.8.